The number of benzene rings is 2. The average Bonchev–Trinajstić information content (AvgIpc) is 2.78. The molecule has 1 N–H and O–H groups in total. The van der Waals surface area contributed by atoms with Gasteiger partial charge in [0.05, 0.1) is 11.9 Å². The van der Waals surface area contributed by atoms with Gasteiger partial charge in [0.15, 0.2) is 0 Å². The second-order valence-electron chi connectivity index (χ2n) is 8.65. The summed E-state index contributed by atoms with van der Waals surface area (Å²) in [4.78, 5) is 27.7. The number of halogens is 1. The molecule has 0 heterocycles. The van der Waals surface area contributed by atoms with Crippen LogP contribution in [0.4, 0.5) is 5.69 Å². The Morgan fingerprint density at radius 2 is 1.77 bits per heavy atom. The Hall–Kier alpha value is -2.58. The molecular weight excluding hydrogens is 486 g/mol. The standard InChI is InChI=1S/C26H36ClN3O4S/c1-6-23(26(32)28-7-2)29(18-21-12-8-11-19(3)17-21)25(31)15-10-16-30(35(5,33)34)24-14-9-13-22(27)20(24)4/h8-9,11-14,17,23H,6-7,10,15-16,18H2,1-5H3,(H,28,32)/t23-/m1/s1. The normalized spacial score (nSPS) is 12.2. The Morgan fingerprint density at radius 3 is 2.37 bits per heavy atom. The predicted molar refractivity (Wildman–Crippen MR) is 142 cm³/mol. The van der Waals surface area contributed by atoms with Crippen molar-refractivity contribution in [2.75, 3.05) is 23.7 Å². The van der Waals surface area contributed by atoms with E-state index in [1.807, 2.05) is 45.0 Å². The lowest BCUT2D eigenvalue weighted by Crippen LogP contribution is -2.49. The first-order valence-electron chi connectivity index (χ1n) is 11.8. The lowest BCUT2D eigenvalue weighted by atomic mass is 10.1. The molecule has 192 valence electrons. The van der Waals surface area contributed by atoms with Crippen LogP contribution in [-0.4, -0.2) is 50.5 Å². The van der Waals surface area contributed by atoms with E-state index in [2.05, 4.69) is 5.32 Å². The molecular formula is C26H36ClN3O4S. The molecule has 1 atom stereocenters. The number of likely N-dealkylation sites (N-methyl/N-ethyl adjacent to an activating group) is 1. The summed E-state index contributed by atoms with van der Waals surface area (Å²) in [6.07, 6.45) is 2.02. The molecule has 0 saturated carbocycles. The van der Waals surface area contributed by atoms with Crippen LogP contribution in [0.25, 0.3) is 0 Å². The van der Waals surface area contributed by atoms with E-state index in [4.69, 9.17) is 11.6 Å². The molecule has 0 saturated heterocycles. The van der Waals surface area contributed by atoms with E-state index < -0.39 is 16.1 Å². The van der Waals surface area contributed by atoms with Gasteiger partial charge in [0.2, 0.25) is 21.8 Å². The largest absolute Gasteiger partial charge is 0.355 e. The minimum atomic E-state index is -3.58. The first-order valence-corrected chi connectivity index (χ1v) is 14.1. The van der Waals surface area contributed by atoms with Gasteiger partial charge in [-0.2, -0.15) is 0 Å². The molecule has 35 heavy (non-hydrogen) atoms. The lowest BCUT2D eigenvalue weighted by Gasteiger charge is -2.31. The van der Waals surface area contributed by atoms with E-state index in [1.165, 1.54) is 4.31 Å². The molecule has 0 aliphatic carbocycles. The number of carbonyl (C=O) groups is 2. The Morgan fingerprint density at radius 1 is 1.09 bits per heavy atom. The zero-order valence-corrected chi connectivity index (χ0v) is 22.7. The number of amides is 2. The number of nitrogens with one attached hydrogen (secondary N) is 1. The van der Waals surface area contributed by atoms with Gasteiger partial charge in [0.1, 0.15) is 6.04 Å². The fourth-order valence-corrected chi connectivity index (χ4v) is 5.25. The molecule has 2 rings (SSSR count). The predicted octanol–water partition coefficient (Wildman–Crippen LogP) is 4.45. The van der Waals surface area contributed by atoms with E-state index in [-0.39, 0.29) is 24.8 Å². The SMILES string of the molecule is CCNC(=O)[C@@H](CC)N(Cc1cccc(C)c1)C(=O)CCCN(c1cccc(Cl)c1C)S(C)(=O)=O. The maximum absolute atomic E-state index is 13.4. The van der Waals surface area contributed by atoms with Crippen molar-refractivity contribution in [1.29, 1.82) is 0 Å². The molecule has 7 nitrogen and oxygen atoms in total. The monoisotopic (exact) mass is 521 g/mol. The summed E-state index contributed by atoms with van der Waals surface area (Å²) >= 11 is 6.21. The summed E-state index contributed by atoms with van der Waals surface area (Å²) in [7, 11) is -3.58. The summed E-state index contributed by atoms with van der Waals surface area (Å²) < 4.78 is 26.3. The highest BCUT2D eigenvalue weighted by Crippen LogP contribution is 2.28. The number of sulfonamides is 1. The molecule has 0 aromatic heterocycles. The van der Waals surface area contributed by atoms with E-state index >= 15 is 0 Å². The van der Waals surface area contributed by atoms with Gasteiger partial charge >= 0.3 is 0 Å². The number of rotatable bonds is 12. The fraction of sp³-hybridized carbons (Fsp3) is 0.462. The molecule has 0 spiro atoms. The van der Waals surface area contributed by atoms with Crippen molar-refractivity contribution in [2.45, 2.75) is 59.5 Å². The van der Waals surface area contributed by atoms with Crippen molar-refractivity contribution in [2.24, 2.45) is 0 Å². The highest BCUT2D eigenvalue weighted by atomic mass is 35.5. The molecule has 0 unspecified atom stereocenters. The maximum Gasteiger partial charge on any atom is 0.242 e. The number of aryl methyl sites for hydroxylation is 1. The van der Waals surface area contributed by atoms with E-state index in [1.54, 1.807) is 30.0 Å². The highest BCUT2D eigenvalue weighted by molar-refractivity contribution is 7.92. The van der Waals surface area contributed by atoms with Crippen LogP contribution in [0.15, 0.2) is 42.5 Å². The van der Waals surface area contributed by atoms with E-state index in [0.717, 1.165) is 17.4 Å². The van der Waals surface area contributed by atoms with Gasteiger partial charge in [-0.3, -0.25) is 13.9 Å². The Kier molecular flexibility index (Phi) is 10.6. The molecule has 0 bridgehead atoms. The first kappa shape index (κ1) is 28.7. The molecule has 2 aromatic rings. The van der Waals surface area contributed by atoms with Crippen molar-refractivity contribution in [3.63, 3.8) is 0 Å². The van der Waals surface area contributed by atoms with Gasteiger partial charge in [-0.05, 0) is 56.9 Å². The summed E-state index contributed by atoms with van der Waals surface area (Å²) in [6, 6.07) is 12.4. The van der Waals surface area contributed by atoms with E-state index in [0.29, 0.717) is 42.2 Å². The average molecular weight is 522 g/mol. The number of carbonyl (C=O) groups excluding carboxylic acids is 2. The highest BCUT2D eigenvalue weighted by Gasteiger charge is 2.28. The minimum absolute atomic E-state index is 0.105. The second kappa shape index (κ2) is 12.9. The first-order chi connectivity index (χ1) is 16.5. The Bertz CT molecular complexity index is 1140. The van der Waals surface area contributed by atoms with Crippen LogP contribution in [0.2, 0.25) is 5.02 Å². The van der Waals surface area contributed by atoms with Crippen LogP contribution in [0.5, 0.6) is 0 Å². The Labute approximate surface area is 214 Å². The molecule has 0 fully saturated rings. The quantitative estimate of drug-likeness (QED) is 0.447. The summed E-state index contributed by atoms with van der Waals surface area (Å²) in [5.41, 5.74) is 3.17. The maximum atomic E-state index is 13.4. The van der Waals surface area contributed by atoms with Gasteiger partial charge in [-0.15, -0.1) is 0 Å². The van der Waals surface area contributed by atoms with E-state index in [9.17, 15) is 18.0 Å². The minimum Gasteiger partial charge on any atom is -0.355 e. The van der Waals surface area contributed by atoms with Crippen LogP contribution >= 0.6 is 11.6 Å². The summed E-state index contributed by atoms with van der Waals surface area (Å²) in [6.45, 7) is 8.38. The van der Waals surface area contributed by atoms with Crippen molar-refractivity contribution >= 4 is 39.1 Å². The van der Waals surface area contributed by atoms with Crippen molar-refractivity contribution in [3.05, 3.63) is 64.2 Å². The third kappa shape index (κ3) is 7.97. The molecule has 9 heteroatoms. The molecule has 0 aliphatic rings. The fourth-order valence-electron chi connectivity index (χ4n) is 4.07. The third-order valence-electron chi connectivity index (χ3n) is 5.83. The lowest BCUT2D eigenvalue weighted by molar-refractivity contribution is -0.141. The van der Waals surface area contributed by atoms with Gasteiger partial charge in [0, 0.05) is 31.1 Å². The third-order valence-corrected chi connectivity index (χ3v) is 7.42. The zero-order valence-electron chi connectivity index (χ0n) is 21.2. The van der Waals surface area contributed by atoms with Crippen molar-refractivity contribution < 1.29 is 18.0 Å². The summed E-state index contributed by atoms with van der Waals surface area (Å²) in [5, 5.41) is 3.30. The van der Waals surface area contributed by atoms with Crippen LogP contribution in [-0.2, 0) is 26.2 Å². The molecule has 0 radical (unpaired) electrons. The smallest absolute Gasteiger partial charge is 0.242 e. The molecule has 2 amide bonds. The topological polar surface area (TPSA) is 86.8 Å². The van der Waals surface area contributed by atoms with Crippen LogP contribution in [0, 0.1) is 13.8 Å². The zero-order chi connectivity index (χ0) is 26.2. The number of hydrogen-bond donors (Lipinski definition) is 1. The molecule has 2 aromatic carbocycles. The molecule has 0 aliphatic heterocycles. The summed E-state index contributed by atoms with van der Waals surface area (Å²) in [5.74, 6) is -0.385. The number of anilines is 1. The Balaban J connectivity index is 2.24. The van der Waals surface area contributed by atoms with Crippen molar-refractivity contribution in [1.82, 2.24) is 10.2 Å². The van der Waals surface area contributed by atoms with Gasteiger partial charge in [-0.1, -0.05) is 54.4 Å². The van der Waals surface area contributed by atoms with Gasteiger partial charge < -0.3 is 10.2 Å². The van der Waals surface area contributed by atoms with Crippen molar-refractivity contribution in [3.8, 4) is 0 Å². The van der Waals surface area contributed by atoms with Gasteiger partial charge in [0.25, 0.3) is 0 Å². The van der Waals surface area contributed by atoms with Gasteiger partial charge in [-0.25, -0.2) is 8.42 Å². The van der Waals surface area contributed by atoms with Crippen LogP contribution < -0.4 is 9.62 Å². The number of nitrogens with zero attached hydrogens (tertiary/aromatic N) is 2. The van der Waals surface area contributed by atoms with Crippen LogP contribution in [0.3, 0.4) is 0 Å². The number of hydrogen-bond acceptors (Lipinski definition) is 4. The second-order valence-corrected chi connectivity index (χ2v) is 11.0. The van der Waals surface area contributed by atoms with Crippen LogP contribution in [0.1, 0.15) is 49.8 Å².